The van der Waals surface area contributed by atoms with Gasteiger partial charge in [0.1, 0.15) is 6.10 Å². The molecule has 0 saturated carbocycles. The molecule has 3 nitrogen and oxygen atoms in total. The molecule has 1 rings (SSSR count). The Labute approximate surface area is 88.5 Å². The Morgan fingerprint density at radius 1 is 1.43 bits per heavy atom. The van der Waals surface area contributed by atoms with Gasteiger partial charge in [-0.1, -0.05) is 12.5 Å². The second-order valence-electron chi connectivity index (χ2n) is 3.35. The van der Waals surface area contributed by atoms with E-state index in [2.05, 4.69) is 0 Å². The van der Waals surface area contributed by atoms with E-state index in [9.17, 15) is 9.90 Å². The first-order valence-corrected chi connectivity index (χ1v) is 6.06. The van der Waals surface area contributed by atoms with Gasteiger partial charge in [-0.25, -0.2) is 4.79 Å². The Morgan fingerprint density at radius 2 is 2.14 bits per heavy atom. The van der Waals surface area contributed by atoms with Gasteiger partial charge in [-0.2, -0.15) is 0 Å². The SMILES string of the molecule is CSC(=O)OC1/C=C/C(O)CCCC1. The topological polar surface area (TPSA) is 46.5 Å². The van der Waals surface area contributed by atoms with Gasteiger partial charge in [0.05, 0.1) is 6.10 Å². The highest BCUT2D eigenvalue weighted by molar-refractivity contribution is 8.12. The molecule has 1 aliphatic carbocycles. The summed E-state index contributed by atoms with van der Waals surface area (Å²) in [5.74, 6) is 0. The van der Waals surface area contributed by atoms with E-state index in [-0.39, 0.29) is 17.5 Å². The molecule has 0 heterocycles. The van der Waals surface area contributed by atoms with Gasteiger partial charge in [0.15, 0.2) is 0 Å². The second-order valence-corrected chi connectivity index (χ2v) is 4.09. The van der Waals surface area contributed by atoms with Gasteiger partial charge >= 0.3 is 5.30 Å². The van der Waals surface area contributed by atoms with E-state index in [4.69, 9.17) is 4.74 Å². The fourth-order valence-corrected chi connectivity index (χ4v) is 1.63. The van der Waals surface area contributed by atoms with Gasteiger partial charge in [0, 0.05) is 0 Å². The molecule has 14 heavy (non-hydrogen) atoms. The average Bonchev–Trinajstić information content (AvgIpc) is 2.16. The minimum atomic E-state index is -0.384. The molecule has 80 valence electrons. The lowest BCUT2D eigenvalue weighted by Gasteiger charge is -2.17. The van der Waals surface area contributed by atoms with E-state index in [0.29, 0.717) is 0 Å². The molecule has 1 N–H and O–H groups in total. The monoisotopic (exact) mass is 216 g/mol. The smallest absolute Gasteiger partial charge is 0.367 e. The zero-order valence-electron chi connectivity index (χ0n) is 8.31. The van der Waals surface area contributed by atoms with Crippen LogP contribution in [0.5, 0.6) is 0 Å². The van der Waals surface area contributed by atoms with E-state index in [1.165, 1.54) is 0 Å². The van der Waals surface area contributed by atoms with E-state index < -0.39 is 0 Å². The molecular weight excluding hydrogens is 200 g/mol. The van der Waals surface area contributed by atoms with Gasteiger partial charge in [0.2, 0.25) is 0 Å². The fourth-order valence-electron chi connectivity index (χ4n) is 1.41. The zero-order chi connectivity index (χ0) is 10.4. The Bertz CT molecular complexity index is 215. The maximum atomic E-state index is 11.0. The number of aliphatic hydroxyl groups excluding tert-OH is 1. The third-order valence-electron chi connectivity index (χ3n) is 2.20. The minimum Gasteiger partial charge on any atom is -0.450 e. The highest BCUT2D eigenvalue weighted by Gasteiger charge is 2.13. The van der Waals surface area contributed by atoms with Crippen LogP contribution in [-0.4, -0.2) is 28.9 Å². The molecule has 0 aromatic carbocycles. The number of hydrogen-bond acceptors (Lipinski definition) is 4. The molecule has 1 aliphatic rings. The quantitative estimate of drug-likeness (QED) is 0.540. The summed E-state index contributed by atoms with van der Waals surface area (Å²) in [5, 5.41) is 9.14. The molecule has 0 spiro atoms. The molecule has 0 aliphatic heterocycles. The Hall–Kier alpha value is -0.480. The average molecular weight is 216 g/mol. The van der Waals surface area contributed by atoms with Crippen molar-refractivity contribution in [2.45, 2.75) is 37.9 Å². The van der Waals surface area contributed by atoms with Crippen LogP contribution in [0.4, 0.5) is 4.79 Å². The van der Waals surface area contributed by atoms with Crippen LogP contribution in [0.1, 0.15) is 25.7 Å². The van der Waals surface area contributed by atoms with Crippen LogP contribution in [0.15, 0.2) is 12.2 Å². The first-order chi connectivity index (χ1) is 6.72. The molecule has 0 amide bonds. The van der Waals surface area contributed by atoms with E-state index in [0.717, 1.165) is 37.4 Å². The van der Waals surface area contributed by atoms with Gasteiger partial charge in [-0.3, -0.25) is 0 Å². The van der Waals surface area contributed by atoms with Crippen molar-refractivity contribution >= 4 is 17.1 Å². The lowest BCUT2D eigenvalue weighted by atomic mass is 10.0. The Morgan fingerprint density at radius 3 is 2.86 bits per heavy atom. The number of thioether (sulfide) groups is 1. The molecule has 0 aromatic rings. The molecule has 0 fully saturated rings. The summed E-state index contributed by atoms with van der Waals surface area (Å²) in [7, 11) is 0. The summed E-state index contributed by atoms with van der Waals surface area (Å²) in [6.07, 6.45) is 8.30. The van der Waals surface area contributed by atoms with Crippen LogP contribution >= 0.6 is 11.8 Å². The summed E-state index contributed by atoms with van der Waals surface area (Å²) in [6.45, 7) is 0. The number of hydrogen-bond donors (Lipinski definition) is 1. The molecule has 4 heteroatoms. The van der Waals surface area contributed by atoms with Crippen LogP contribution in [0, 0.1) is 0 Å². The standard InChI is InChI=1S/C10H16O3S/c1-14-10(12)13-9-5-3-2-4-8(11)6-7-9/h6-9,11H,2-5H2,1H3/b7-6+. The Balaban J connectivity index is 2.45. The highest BCUT2D eigenvalue weighted by atomic mass is 32.2. The lowest BCUT2D eigenvalue weighted by Crippen LogP contribution is -2.16. The Kier molecular flexibility index (Phi) is 5.04. The third-order valence-corrected chi connectivity index (χ3v) is 2.63. The van der Waals surface area contributed by atoms with Crippen molar-refractivity contribution in [3.8, 4) is 0 Å². The highest BCUT2D eigenvalue weighted by Crippen LogP contribution is 2.16. The van der Waals surface area contributed by atoms with Crippen LogP contribution in [0.3, 0.4) is 0 Å². The number of carbonyl (C=O) groups excluding carboxylic acids is 1. The first-order valence-electron chi connectivity index (χ1n) is 4.83. The summed E-state index contributed by atoms with van der Waals surface area (Å²) < 4.78 is 5.15. The summed E-state index contributed by atoms with van der Waals surface area (Å²) in [4.78, 5) is 11.0. The minimum absolute atomic E-state index is 0.162. The van der Waals surface area contributed by atoms with E-state index in [1.807, 2.05) is 0 Å². The summed E-state index contributed by atoms with van der Waals surface area (Å²) in [6, 6.07) is 0. The third kappa shape index (κ3) is 4.15. The van der Waals surface area contributed by atoms with Crippen LogP contribution in [-0.2, 0) is 4.74 Å². The van der Waals surface area contributed by atoms with E-state index >= 15 is 0 Å². The van der Waals surface area contributed by atoms with Gasteiger partial charge in [-0.05, 0) is 43.4 Å². The molecule has 0 saturated heterocycles. The van der Waals surface area contributed by atoms with Gasteiger partial charge in [-0.15, -0.1) is 0 Å². The molecule has 2 unspecified atom stereocenters. The van der Waals surface area contributed by atoms with Crippen molar-refractivity contribution in [3.63, 3.8) is 0 Å². The fraction of sp³-hybridized carbons (Fsp3) is 0.700. The van der Waals surface area contributed by atoms with E-state index in [1.54, 1.807) is 18.4 Å². The zero-order valence-corrected chi connectivity index (χ0v) is 9.13. The maximum Gasteiger partial charge on any atom is 0.367 e. The van der Waals surface area contributed by atoms with Crippen LogP contribution in [0.25, 0.3) is 0 Å². The number of rotatable bonds is 1. The number of ether oxygens (including phenoxy) is 1. The lowest BCUT2D eigenvalue weighted by molar-refractivity contribution is 0.134. The number of aliphatic hydroxyl groups is 1. The maximum absolute atomic E-state index is 11.0. The molecular formula is C10H16O3S. The predicted octanol–water partition coefficient (Wildman–Crippen LogP) is 2.35. The van der Waals surface area contributed by atoms with Crippen LogP contribution in [0.2, 0.25) is 0 Å². The largest absolute Gasteiger partial charge is 0.450 e. The normalized spacial score (nSPS) is 30.1. The van der Waals surface area contributed by atoms with Crippen molar-refractivity contribution in [3.05, 3.63) is 12.2 Å². The predicted molar refractivity (Wildman–Crippen MR) is 57.4 cm³/mol. The first kappa shape index (κ1) is 11.6. The van der Waals surface area contributed by atoms with Crippen molar-refractivity contribution in [1.29, 1.82) is 0 Å². The molecule has 0 bridgehead atoms. The summed E-state index contributed by atoms with van der Waals surface area (Å²) in [5.41, 5.74) is 0. The van der Waals surface area contributed by atoms with Gasteiger partial charge in [0.25, 0.3) is 0 Å². The molecule has 0 radical (unpaired) electrons. The van der Waals surface area contributed by atoms with Crippen molar-refractivity contribution in [2.75, 3.05) is 6.26 Å². The molecule has 0 aromatic heterocycles. The second kappa shape index (κ2) is 6.09. The van der Waals surface area contributed by atoms with Crippen LogP contribution < -0.4 is 0 Å². The number of carbonyl (C=O) groups is 1. The van der Waals surface area contributed by atoms with Crippen molar-refractivity contribution in [1.82, 2.24) is 0 Å². The van der Waals surface area contributed by atoms with Gasteiger partial charge < -0.3 is 9.84 Å². The summed E-state index contributed by atoms with van der Waals surface area (Å²) >= 11 is 1.07. The van der Waals surface area contributed by atoms with Crippen molar-refractivity contribution in [2.24, 2.45) is 0 Å². The van der Waals surface area contributed by atoms with Crippen molar-refractivity contribution < 1.29 is 14.6 Å². The molecule has 2 atom stereocenters.